The molecule has 0 aliphatic carbocycles. The van der Waals surface area contributed by atoms with Crippen LogP contribution in [0, 0.1) is 6.92 Å². The molecule has 2 unspecified atom stereocenters. The molecular weight excluding hydrogens is 293 g/mol. The first-order chi connectivity index (χ1) is 9.54. The minimum Gasteiger partial charge on any atom is -0.388 e. The van der Waals surface area contributed by atoms with Crippen LogP contribution in [0.5, 0.6) is 0 Å². The van der Waals surface area contributed by atoms with E-state index >= 15 is 0 Å². The monoisotopic (exact) mass is 309 g/mol. The second-order valence-corrected chi connectivity index (χ2v) is 5.65. The van der Waals surface area contributed by atoms with Crippen molar-refractivity contribution >= 4 is 23.2 Å². The van der Waals surface area contributed by atoms with Crippen LogP contribution in [0.4, 0.5) is 0 Å². The predicted molar refractivity (Wildman–Crippen MR) is 84.4 cm³/mol. The van der Waals surface area contributed by atoms with Crippen LogP contribution in [0.25, 0.3) is 0 Å². The molecule has 2 nitrogen and oxygen atoms in total. The van der Waals surface area contributed by atoms with Gasteiger partial charge in [-0.1, -0.05) is 47.5 Å². The second kappa shape index (κ2) is 6.59. The molecule has 0 aliphatic heterocycles. The maximum Gasteiger partial charge on any atom is 0.0873 e. The number of hydrogen-bond acceptors (Lipinski definition) is 2. The van der Waals surface area contributed by atoms with Crippen LogP contribution in [0.2, 0.25) is 10.0 Å². The third-order valence-electron chi connectivity index (χ3n) is 3.49. The Bertz CT molecular complexity index is 601. The van der Waals surface area contributed by atoms with E-state index in [-0.39, 0.29) is 5.92 Å². The molecule has 2 atom stereocenters. The summed E-state index contributed by atoms with van der Waals surface area (Å²) in [5, 5.41) is 11.9. The van der Waals surface area contributed by atoms with E-state index in [4.69, 9.17) is 28.9 Å². The van der Waals surface area contributed by atoms with Crippen molar-refractivity contribution in [1.82, 2.24) is 0 Å². The Morgan fingerprint density at radius 3 is 2.40 bits per heavy atom. The zero-order chi connectivity index (χ0) is 14.7. The molecule has 106 valence electrons. The van der Waals surface area contributed by atoms with Crippen LogP contribution in [0.1, 0.15) is 28.7 Å². The molecule has 0 heterocycles. The van der Waals surface area contributed by atoms with Gasteiger partial charge in [-0.2, -0.15) is 0 Å². The first-order valence-electron chi connectivity index (χ1n) is 6.43. The van der Waals surface area contributed by atoms with Crippen molar-refractivity contribution in [3.8, 4) is 0 Å². The summed E-state index contributed by atoms with van der Waals surface area (Å²) in [6, 6.07) is 12.9. The maximum atomic E-state index is 10.6. The van der Waals surface area contributed by atoms with Gasteiger partial charge in [-0.15, -0.1) is 0 Å². The molecule has 2 aromatic carbocycles. The maximum absolute atomic E-state index is 10.6. The van der Waals surface area contributed by atoms with Crippen molar-refractivity contribution in [2.75, 3.05) is 6.54 Å². The summed E-state index contributed by atoms with van der Waals surface area (Å²) >= 11 is 12.2. The fraction of sp³-hybridized carbons (Fsp3) is 0.250. The minimum absolute atomic E-state index is 0.247. The van der Waals surface area contributed by atoms with Gasteiger partial charge >= 0.3 is 0 Å². The van der Waals surface area contributed by atoms with E-state index in [0.717, 1.165) is 16.7 Å². The van der Waals surface area contributed by atoms with Crippen LogP contribution in [0.3, 0.4) is 0 Å². The highest BCUT2D eigenvalue weighted by Crippen LogP contribution is 2.35. The summed E-state index contributed by atoms with van der Waals surface area (Å²) in [4.78, 5) is 0. The van der Waals surface area contributed by atoms with Crippen molar-refractivity contribution in [2.45, 2.75) is 18.9 Å². The normalized spacial score (nSPS) is 14.1. The molecule has 0 radical (unpaired) electrons. The molecule has 0 saturated heterocycles. The lowest BCUT2D eigenvalue weighted by atomic mass is 9.87. The third-order valence-corrected chi connectivity index (χ3v) is 4.07. The Kier molecular flexibility index (Phi) is 5.06. The van der Waals surface area contributed by atoms with Gasteiger partial charge in [0, 0.05) is 22.5 Å². The highest BCUT2D eigenvalue weighted by molar-refractivity contribution is 6.31. The molecule has 0 fully saturated rings. The molecule has 0 amide bonds. The third kappa shape index (κ3) is 3.15. The van der Waals surface area contributed by atoms with Gasteiger partial charge in [0.2, 0.25) is 0 Å². The van der Waals surface area contributed by atoms with Crippen LogP contribution >= 0.6 is 23.2 Å². The van der Waals surface area contributed by atoms with Crippen molar-refractivity contribution < 1.29 is 5.11 Å². The molecule has 0 aromatic heterocycles. The highest BCUT2D eigenvalue weighted by atomic mass is 35.5. The average molecular weight is 310 g/mol. The van der Waals surface area contributed by atoms with Crippen LogP contribution < -0.4 is 5.73 Å². The largest absolute Gasteiger partial charge is 0.388 e. The highest BCUT2D eigenvalue weighted by Gasteiger charge is 2.24. The lowest BCUT2D eigenvalue weighted by Gasteiger charge is -2.24. The Balaban J connectivity index is 2.39. The number of benzene rings is 2. The van der Waals surface area contributed by atoms with Gasteiger partial charge < -0.3 is 10.8 Å². The topological polar surface area (TPSA) is 46.2 Å². The Labute approximate surface area is 129 Å². The summed E-state index contributed by atoms with van der Waals surface area (Å²) < 4.78 is 0. The second-order valence-electron chi connectivity index (χ2n) is 4.81. The zero-order valence-electron chi connectivity index (χ0n) is 11.2. The van der Waals surface area contributed by atoms with E-state index < -0.39 is 6.10 Å². The summed E-state index contributed by atoms with van der Waals surface area (Å²) in [7, 11) is 0. The van der Waals surface area contributed by atoms with E-state index in [1.54, 1.807) is 12.1 Å². The average Bonchev–Trinajstić information content (AvgIpc) is 2.41. The molecule has 2 aromatic rings. The summed E-state index contributed by atoms with van der Waals surface area (Å²) in [5.74, 6) is -0.247. The molecular formula is C16H17Cl2NO. The fourth-order valence-corrected chi connectivity index (χ4v) is 2.89. The first kappa shape index (κ1) is 15.3. The molecule has 0 aliphatic rings. The smallest absolute Gasteiger partial charge is 0.0873 e. The fourth-order valence-electron chi connectivity index (χ4n) is 2.39. The summed E-state index contributed by atoms with van der Waals surface area (Å²) in [6.07, 6.45) is -0.711. The predicted octanol–water partition coefficient (Wildman–Crippen LogP) is 4.08. The molecule has 4 heteroatoms. The molecule has 20 heavy (non-hydrogen) atoms. The van der Waals surface area contributed by atoms with Gasteiger partial charge in [0.05, 0.1) is 6.10 Å². The molecule has 3 N–H and O–H groups in total. The van der Waals surface area contributed by atoms with Crippen molar-refractivity contribution in [3.05, 3.63) is 69.2 Å². The number of halogens is 2. The van der Waals surface area contributed by atoms with Gasteiger partial charge in [-0.3, -0.25) is 0 Å². The lowest BCUT2D eigenvalue weighted by Crippen LogP contribution is -2.21. The quantitative estimate of drug-likeness (QED) is 0.894. The Morgan fingerprint density at radius 1 is 1.10 bits per heavy atom. The van der Waals surface area contributed by atoms with E-state index in [1.807, 2.05) is 37.3 Å². The molecule has 0 saturated carbocycles. The van der Waals surface area contributed by atoms with Gasteiger partial charge in [-0.25, -0.2) is 0 Å². The van der Waals surface area contributed by atoms with E-state index in [1.165, 1.54) is 0 Å². The molecule has 0 bridgehead atoms. The minimum atomic E-state index is -0.711. The van der Waals surface area contributed by atoms with E-state index in [2.05, 4.69) is 0 Å². The number of hydrogen-bond donors (Lipinski definition) is 2. The van der Waals surface area contributed by atoms with Crippen LogP contribution in [0.15, 0.2) is 42.5 Å². The Morgan fingerprint density at radius 2 is 1.80 bits per heavy atom. The van der Waals surface area contributed by atoms with E-state index in [0.29, 0.717) is 16.6 Å². The Hall–Kier alpha value is -1.06. The summed E-state index contributed by atoms with van der Waals surface area (Å²) in [6.45, 7) is 2.23. The van der Waals surface area contributed by atoms with E-state index in [9.17, 15) is 5.11 Å². The SMILES string of the molecule is Cc1cc(Cl)ccc1C(O)C(CN)c1ccccc1Cl. The van der Waals surface area contributed by atoms with Crippen LogP contribution in [-0.2, 0) is 0 Å². The lowest BCUT2D eigenvalue weighted by molar-refractivity contribution is 0.147. The number of aliphatic hydroxyl groups is 1. The van der Waals surface area contributed by atoms with Gasteiger partial charge in [-0.05, 0) is 41.8 Å². The van der Waals surface area contributed by atoms with Gasteiger partial charge in [0.1, 0.15) is 0 Å². The standard InChI is InChI=1S/C16H17Cl2NO/c1-10-8-11(17)6-7-12(10)16(20)14(9-19)13-4-2-3-5-15(13)18/h2-8,14,16,20H,9,19H2,1H3. The molecule has 2 rings (SSSR count). The summed E-state index contributed by atoms with van der Waals surface area (Å²) in [5.41, 5.74) is 8.47. The van der Waals surface area contributed by atoms with Crippen molar-refractivity contribution in [1.29, 1.82) is 0 Å². The van der Waals surface area contributed by atoms with Crippen molar-refractivity contribution in [2.24, 2.45) is 5.73 Å². The number of aliphatic hydroxyl groups excluding tert-OH is 1. The van der Waals surface area contributed by atoms with Crippen LogP contribution in [-0.4, -0.2) is 11.7 Å². The van der Waals surface area contributed by atoms with Crippen molar-refractivity contribution in [3.63, 3.8) is 0 Å². The first-order valence-corrected chi connectivity index (χ1v) is 7.18. The molecule has 0 spiro atoms. The van der Waals surface area contributed by atoms with Gasteiger partial charge in [0.15, 0.2) is 0 Å². The number of nitrogens with two attached hydrogens (primary N) is 1. The number of aryl methyl sites for hydroxylation is 1. The van der Waals surface area contributed by atoms with Gasteiger partial charge in [0.25, 0.3) is 0 Å². The number of rotatable bonds is 4. The zero-order valence-corrected chi connectivity index (χ0v) is 12.7.